The van der Waals surface area contributed by atoms with Crippen LogP contribution in [0, 0.1) is 0 Å². The molecule has 2 atom stereocenters. The molecule has 2 N–H and O–H groups in total. The quantitative estimate of drug-likeness (QED) is 0.647. The van der Waals surface area contributed by atoms with Crippen LogP contribution in [0.25, 0.3) is 0 Å². The molecule has 0 unspecified atom stereocenters. The number of carbonyl (C=O) groups is 2. The molecular formula is C10H15NO4. The highest BCUT2D eigenvalue weighted by Crippen LogP contribution is 2.20. The zero-order valence-electron chi connectivity index (χ0n) is 8.59. The maximum Gasteiger partial charge on any atom is 0.328 e. The smallest absolute Gasteiger partial charge is 0.328 e. The van der Waals surface area contributed by atoms with Crippen molar-refractivity contribution in [1.29, 1.82) is 0 Å². The molecular weight excluding hydrogens is 198 g/mol. The van der Waals surface area contributed by atoms with E-state index in [1.165, 1.54) is 4.90 Å². The number of carbonyl (C=O) groups excluding carboxylic acids is 1. The Hall–Kier alpha value is -1.36. The highest BCUT2D eigenvalue weighted by molar-refractivity contribution is 5.94. The van der Waals surface area contributed by atoms with Crippen LogP contribution in [0.1, 0.15) is 19.8 Å². The Morgan fingerprint density at radius 3 is 2.67 bits per heavy atom. The van der Waals surface area contributed by atoms with Crippen LogP contribution in [-0.2, 0) is 9.59 Å². The molecule has 15 heavy (non-hydrogen) atoms. The summed E-state index contributed by atoms with van der Waals surface area (Å²) in [7, 11) is 0. The maximum absolute atomic E-state index is 11.5. The Labute approximate surface area is 88.0 Å². The van der Waals surface area contributed by atoms with Gasteiger partial charge in [-0.3, -0.25) is 4.79 Å². The Bertz CT molecular complexity index is 285. The van der Waals surface area contributed by atoms with E-state index in [9.17, 15) is 14.7 Å². The van der Waals surface area contributed by atoms with Crippen molar-refractivity contribution in [2.45, 2.75) is 31.9 Å². The van der Waals surface area contributed by atoms with Gasteiger partial charge in [-0.05, 0) is 19.8 Å². The number of nitrogens with zero attached hydrogens (tertiary/aromatic N) is 1. The molecule has 5 nitrogen and oxygen atoms in total. The monoisotopic (exact) mass is 213 g/mol. The summed E-state index contributed by atoms with van der Waals surface area (Å²) < 4.78 is 0. The molecule has 1 heterocycles. The second kappa shape index (κ2) is 4.93. The molecule has 0 radical (unpaired) electrons. The van der Waals surface area contributed by atoms with Crippen molar-refractivity contribution < 1.29 is 19.8 Å². The average Bonchev–Trinajstić information content (AvgIpc) is 2.62. The van der Waals surface area contributed by atoms with Crippen LogP contribution in [-0.4, -0.2) is 45.7 Å². The third kappa shape index (κ3) is 3.06. The van der Waals surface area contributed by atoms with Crippen LogP contribution in [0.2, 0.25) is 0 Å². The van der Waals surface area contributed by atoms with Crippen molar-refractivity contribution in [2.75, 3.05) is 6.54 Å². The van der Waals surface area contributed by atoms with Crippen LogP contribution in [0.15, 0.2) is 12.2 Å². The van der Waals surface area contributed by atoms with Gasteiger partial charge in [0.05, 0.1) is 12.1 Å². The molecule has 84 valence electrons. The fraction of sp³-hybridized carbons (Fsp3) is 0.600. The molecule has 1 amide bonds. The fourth-order valence-corrected chi connectivity index (χ4v) is 1.81. The summed E-state index contributed by atoms with van der Waals surface area (Å²) in [4.78, 5) is 23.3. The van der Waals surface area contributed by atoms with Crippen molar-refractivity contribution in [2.24, 2.45) is 0 Å². The van der Waals surface area contributed by atoms with E-state index in [1.54, 1.807) is 6.92 Å². The predicted molar refractivity (Wildman–Crippen MR) is 53.2 cm³/mol. The van der Waals surface area contributed by atoms with Gasteiger partial charge in [0.2, 0.25) is 5.91 Å². The Balaban J connectivity index is 2.62. The van der Waals surface area contributed by atoms with Gasteiger partial charge in [0.15, 0.2) is 0 Å². The Morgan fingerprint density at radius 2 is 2.13 bits per heavy atom. The van der Waals surface area contributed by atoms with E-state index in [0.717, 1.165) is 25.0 Å². The maximum atomic E-state index is 11.5. The number of carboxylic acids is 1. The molecule has 5 heteroatoms. The summed E-state index contributed by atoms with van der Waals surface area (Å²) in [6.45, 7) is 2.22. The van der Waals surface area contributed by atoms with Gasteiger partial charge >= 0.3 is 5.97 Å². The average molecular weight is 213 g/mol. The second-order valence-electron chi connectivity index (χ2n) is 3.65. The first kappa shape index (κ1) is 11.7. The molecule has 0 saturated carbocycles. The molecule has 1 rings (SSSR count). The molecule has 0 spiro atoms. The molecule has 0 aromatic heterocycles. The van der Waals surface area contributed by atoms with E-state index in [2.05, 4.69) is 0 Å². The summed E-state index contributed by atoms with van der Waals surface area (Å²) in [6.07, 6.45) is 2.89. The minimum atomic E-state index is -1.14. The summed E-state index contributed by atoms with van der Waals surface area (Å²) in [6, 6.07) is -0.184. The normalized spacial score (nSPS) is 23.3. The van der Waals surface area contributed by atoms with Gasteiger partial charge in [-0.1, -0.05) is 0 Å². The lowest BCUT2D eigenvalue weighted by atomic mass is 10.1. The topological polar surface area (TPSA) is 77.8 Å². The predicted octanol–water partition coefficient (Wildman–Crippen LogP) is -0.00100. The van der Waals surface area contributed by atoms with Crippen LogP contribution in [0.5, 0.6) is 0 Å². The molecule has 1 aliphatic rings. The van der Waals surface area contributed by atoms with Crippen LogP contribution in [0.3, 0.4) is 0 Å². The molecule has 1 saturated heterocycles. The molecule has 0 aliphatic carbocycles. The van der Waals surface area contributed by atoms with Gasteiger partial charge in [-0.15, -0.1) is 0 Å². The number of hydrogen-bond donors (Lipinski definition) is 2. The number of amides is 1. The summed E-state index contributed by atoms with van der Waals surface area (Å²) in [5.41, 5.74) is 0. The van der Waals surface area contributed by atoms with Gasteiger partial charge in [0.25, 0.3) is 0 Å². The first-order valence-electron chi connectivity index (χ1n) is 4.92. The highest BCUT2D eigenvalue weighted by Gasteiger charge is 2.30. The lowest BCUT2D eigenvalue weighted by Gasteiger charge is -2.25. The number of hydrogen-bond acceptors (Lipinski definition) is 3. The summed E-state index contributed by atoms with van der Waals surface area (Å²) in [5, 5.41) is 17.8. The van der Waals surface area contributed by atoms with E-state index >= 15 is 0 Å². The van der Waals surface area contributed by atoms with E-state index in [4.69, 9.17) is 5.11 Å². The van der Waals surface area contributed by atoms with Crippen molar-refractivity contribution >= 4 is 11.9 Å². The fourth-order valence-electron chi connectivity index (χ4n) is 1.81. The van der Waals surface area contributed by atoms with E-state index in [-0.39, 0.29) is 11.9 Å². The first-order valence-corrected chi connectivity index (χ1v) is 4.92. The van der Waals surface area contributed by atoms with Crippen molar-refractivity contribution in [1.82, 2.24) is 4.90 Å². The van der Waals surface area contributed by atoms with Gasteiger partial charge in [0, 0.05) is 18.7 Å². The number of carboxylic acid groups (broad SMARTS) is 1. The highest BCUT2D eigenvalue weighted by atomic mass is 16.4. The Morgan fingerprint density at radius 1 is 1.47 bits per heavy atom. The minimum Gasteiger partial charge on any atom is -0.478 e. The summed E-state index contributed by atoms with van der Waals surface area (Å²) in [5.74, 6) is -1.49. The van der Waals surface area contributed by atoms with Crippen LogP contribution >= 0.6 is 0 Å². The lowest BCUT2D eigenvalue weighted by molar-refractivity contribution is -0.132. The van der Waals surface area contributed by atoms with Gasteiger partial charge in [-0.25, -0.2) is 4.79 Å². The molecule has 0 aromatic carbocycles. The first-order chi connectivity index (χ1) is 7.02. The number of likely N-dealkylation sites (tertiary alicyclic amines) is 1. The third-order valence-corrected chi connectivity index (χ3v) is 2.51. The number of rotatable bonds is 3. The lowest BCUT2D eigenvalue weighted by Crippen LogP contribution is -2.40. The summed E-state index contributed by atoms with van der Waals surface area (Å²) >= 11 is 0. The van der Waals surface area contributed by atoms with E-state index in [1.807, 2.05) is 0 Å². The number of aliphatic hydroxyl groups is 1. The SMILES string of the molecule is C[C@@H](O)[C@@H]1CCCN1C(=O)/C=C/C(=O)O. The van der Waals surface area contributed by atoms with Crippen molar-refractivity contribution in [3.63, 3.8) is 0 Å². The zero-order chi connectivity index (χ0) is 11.4. The van der Waals surface area contributed by atoms with E-state index in [0.29, 0.717) is 6.54 Å². The number of aliphatic carboxylic acids is 1. The van der Waals surface area contributed by atoms with Crippen LogP contribution < -0.4 is 0 Å². The zero-order valence-corrected chi connectivity index (χ0v) is 8.59. The van der Waals surface area contributed by atoms with Crippen molar-refractivity contribution in [3.05, 3.63) is 12.2 Å². The largest absolute Gasteiger partial charge is 0.478 e. The third-order valence-electron chi connectivity index (χ3n) is 2.51. The second-order valence-corrected chi connectivity index (χ2v) is 3.65. The molecule has 0 bridgehead atoms. The number of aliphatic hydroxyl groups excluding tert-OH is 1. The molecule has 1 fully saturated rings. The standard InChI is InChI=1S/C10H15NO4/c1-7(12)8-3-2-6-11(8)9(13)4-5-10(14)15/h4-5,7-8,12H,2-3,6H2,1H3,(H,14,15)/b5-4+/t7-,8+/m1/s1. The van der Waals surface area contributed by atoms with Gasteiger partial charge in [0.1, 0.15) is 0 Å². The Kier molecular flexibility index (Phi) is 3.85. The molecule has 1 aliphatic heterocycles. The molecule has 0 aromatic rings. The van der Waals surface area contributed by atoms with Crippen molar-refractivity contribution in [3.8, 4) is 0 Å². The van der Waals surface area contributed by atoms with Gasteiger partial charge < -0.3 is 15.1 Å². The van der Waals surface area contributed by atoms with Gasteiger partial charge in [-0.2, -0.15) is 0 Å². The van der Waals surface area contributed by atoms with Crippen LogP contribution in [0.4, 0.5) is 0 Å². The minimum absolute atomic E-state index is 0.184. The van der Waals surface area contributed by atoms with E-state index < -0.39 is 12.1 Å².